The molecule has 1 N–H and O–H groups in total. The lowest BCUT2D eigenvalue weighted by molar-refractivity contribution is -0.0524. The van der Waals surface area contributed by atoms with Gasteiger partial charge in [0, 0.05) is 38.8 Å². The Morgan fingerprint density at radius 1 is 0.972 bits per heavy atom. The SMILES string of the molecule is CCCC[C@H]1CN(C(=O)NC)CCC12CCN(C1(C)CCN(C(=O)c3c(C)ncnc3C)CC1)CC2. The molecule has 0 bridgehead atoms. The number of rotatable bonds is 5. The summed E-state index contributed by atoms with van der Waals surface area (Å²) in [5.41, 5.74) is 2.70. The molecule has 3 aliphatic heterocycles. The fraction of sp³-hybridized carbons (Fsp3) is 0.786. The smallest absolute Gasteiger partial charge is 0.317 e. The molecule has 1 aromatic heterocycles. The Bertz CT molecular complexity index is 914. The Morgan fingerprint density at radius 2 is 1.56 bits per heavy atom. The Balaban J connectivity index is 1.37. The van der Waals surface area contributed by atoms with Gasteiger partial charge in [0.25, 0.3) is 5.91 Å². The van der Waals surface area contributed by atoms with Gasteiger partial charge in [-0.05, 0) is 83.7 Å². The Labute approximate surface area is 217 Å². The first kappa shape index (κ1) is 26.8. The highest BCUT2D eigenvalue weighted by atomic mass is 16.2. The fourth-order valence-electron chi connectivity index (χ4n) is 7.02. The van der Waals surface area contributed by atoms with E-state index in [2.05, 4.69) is 34.0 Å². The number of nitrogens with one attached hydrogen (secondary N) is 1. The van der Waals surface area contributed by atoms with Crippen LogP contribution < -0.4 is 5.32 Å². The first-order chi connectivity index (χ1) is 17.2. The van der Waals surface area contributed by atoms with Gasteiger partial charge in [-0.25, -0.2) is 14.8 Å². The molecule has 3 amide bonds. The quantitative estimate of drug-likeness (QED) is 0.663. The summed E-state index contributed by atoms with van der Waals surface area (Å²) in [6.07, 6.45) is 10.8. The van der Waals surface area contributed by atoms with Gasteiger partial charge in [-0.2, -0.15) is 0 Å². The van der Waals surface area contributed by atoms with Gasteiger partial charge in [-0.3, -0.25) is 9.69 Å². The lowest BCUT2D eigenvalue weighted by atomic mass is 9.62. The molecule has 8 heteroatoms. The lowest BCUT2D eigenvalue weighted by Crippen LogP contribution is -2.60. The molecule has 3 aliphatic rings. The van der Waals surface area contributed by atoms with Crippen molar-refractivity contribution in [2.75, 3.05) is 46.3 Å². The molecule has 1 spiro atoms. The average molecular weight is 499 g/mol. The van der Waals surface area contributed by atoms with Crippen molar-refractivity contribution in [1.29, 1.82) is 0 Å². The van der Waals surface area contributed by atoms with Gasteiger partial charge in [-0.15, -0.1) is 0 Å². The van der Waals surface area contributed by atoms with Crippen molar-refractivity contribution in [2.45, 2.75) is 84.6 Å². The molecule has 3 saturated heterocycles. The van der Waals surface area contributed by atoms with Crippen molar-refractivity contribution in [3.8, 4) is 0 Å². The first-order valence-electron chi connectivity index (χ1n) is 14.0. The highest BCUT2D eigenvalue weighted by Gasteiger charge is 2.48. The van der Waals surface area contributed by atoms with Crippen LogP contribution in [0.4, 0.5) is 4.79 Å². The molecule has 4 heterocycles. The summed E-state index contributed by atoms with van der Waals surface area (Å²) in [5.74, 6) is 0.671. The van der Waals surface area contributed by atoms with Gasteiger partial charge in [-0.1, -0.05) is 19.8 Å². The van der Waals surface area contributed by atoms with Crippen LogP contribution in [0.5, 0.6) is 0 Å². The number of unbranched alkanes of at least 4 members (excludes halogenated alkanes) is 1. The zero-order chi connectivity index (χ0) is 25.9. The molecule has 0 aliphatic carbocycles. The minimum absolute atomic E-state index is 0.0741. The molecule has 3 fully saturated rings. The number of carbonyl (C=O) groups excluding carboxylic acids is 2. The van der Waals surface area contributed by atoms with Gasteiger partial charge in [0.15, 0.2) is 0 Å². The number of aryl methyl sites for hydroxylation is 2. The number of likely N-dealkylation sites (tertiary alicyclic amines) is 3. The van der Waals surface area contributed by atoms with E-state index < -0.39 is 0 Å². The lowest BCUT2D eigenvalue weighted by Gasteiger charge is -2.56. The highest BCUT2D eigenvalue weighted by Crippen LogP contribution is 2.48. The average Bonchev–Trinajstić information content (AvgIpc) is 2.88. The molecular weight excluding hydrogens is 452 g/mol. The monoisotopic (exact) mass is 498 g/mol. The van der Waals surface area contributed by atoms with E-state index in [1.165, 1.54) is 38.4 Å². The molecular formula is C28H46N6O2. The number of urea groups is 1. The van der Waals surface area contributed by atoms with Crippen molar-refractivity contribution in [3.05, 3.63) is 23.3 Å². The highest BCUT2D eigenvalue weighted by molar-refractivity contribution is 5.96. The number of nitrogens with zero attached hydrogens (tertiary/aromatic N) is 5. The summed E-state index contributed by atoms with van der Waals surface area (Å²) in [4.78, 5) is 40.8. The molecule has 36 heavy (non-hydrogen) atoms. The van der Waals surface area contributed by atoms with Gasteiger partial charge in [0.1, 0.15) is 6.33 Å². The Kier molecular flexibility index (Phi) is 8.22. The molecule has 0 saturated carbocycles. The number of aromatic nitrogens is 2. The standard InChI is InChI=1S/C28H46N6O2/c1-6-7-8-23-19-33(26(36)29-5)16-11-28(23)12-17-34(18-13-28)27(4)9-14-32(15-10-27)25(35)24-21(2)30-20-31-22(24)3/h20,23H,6-19H2,1-5H3,(H,29,36)/t23-/m0/s1. The van der Waals surface area contributed by atoms with Gasteiger partial charge in [0.2, 0.25) is 0 Å². The largest absolute Gasteiger partial charge is 0.341 e. The topological polar surface area (TPSA) is 81.7 Å². The van der Waals surface area contributed by atoms with Crippen LogP contribution >= 0.6 is 0 Å². The zero-order valence-corrected chi connectivity index (χ0v) is 23.1. The van der Waals surface area contributed by atoms with E-state index in [1.54, 1.807) is 7.05 Å². The molecule has 1 aromatic rings. The predicted molar refractivity (Wildman–Crippen MR) is 142 cm³/mol. The van der Waals surface area contributed by atoms with Crippen LogP contribution in [0.2, 0.25) is 0 Å². The van der Waals surface area contributed by atoms with Crippen molar-refractivity contribution in [3.63, 3.8) is 0 Å². The fourth-order valence-corrected chi connectivity index (χ4v) is 7.02. The molecule has 0 aromatic carbocycles. The number of hydrogen-bond donors (Lipinski definition) is 1. The second kappa shape index (κ2) is 11.0. The van der Waals surface area contributed by atoms with Gasteiger partial charge < -0.3 is 15.1 Å². The predicted octanol–water partition coefficient (Wildman–Crippen LogP) is 4.02. The summed E-state index contributed by atoms with van der Waals surface area (Å²) in [7, 11) is 1.74. The van der Waals surface area contributed by atoms with Gasteiger partial charge in [0.05, 0.1) is 17.0 Å². The third-order valence-electron chi connectivity index (χ3n) is 9.68. The van der Waals surface area contributed by atoms with E-state index >= 15 is 0 Å². The van der Waals surface area contributed by atoms with Crippen molar-refractivity contribution in [1.82, 2.24) is 30.0 Å². The third kappa shape index (κ3) is 5.24. The molecule has 1 atom stereocenters. The molecule has 4 rings (SSSR count). The third-order valence-corrected chi connectivity index (χ3v) is 9.68. The van der Waals surface area contributed by atoms with Crippen molar-refractivity contribution >= 4 is 11.9 Å². The summed E-state index contributed by atoms with van der Waals surface area (Å²) in [6, 6.07) is 0.0741. The van der Waals surface area contributed by atoms with E-state index in [0.29, 0.717) is 16.9 Å². The molecule has 0 radical (unpaired) electrons. The maximum atomic E-state index is 13.2. The summed E-state index contributed by atoms with van der Waals surface area (Å²) < 4.78 is 0. The van der Waals surface area contributed by atoms with Crippen molar-refractivity contribution in [2.24, 2.45) is 11.3 Å². The summed E-state index contributed by atoms with van der Waals surface area (Å²) >= 11 is 0. The van der Waals surface area contributed by atoms with Crippen LogP contribution in [0, 0.1) is 25.2 Å². The molecule has 200 valence electrons. The van der Waals surface area contributed by atoms with Crippen LogP contribution in [-0.4, -0.2) is 88.5 Å². The summed E-state index contributed by atoms with van der Waals surface area (Å²) in [6.45, 7) is 14.0. The van der Waals surface area contributed by atoms with E-state index in [-0.39, 0.29) is 17.5 Å². The van der Waals surface area contributed by atoms with E-state index in [0.717, 1.165) is 69.9 Å². The van der Waals surface area contributed by atoms with E-state index in [4.69, 9.17) is 0 Å². The van der Waals surface area contributed by atoms with E-state index in [9.17, 15) is 9.59 Å². The Hall–Kier alpha value is -2.22. The normalized spacial score (nSPS) is 24.1. The van der Waals surface area contributed by atoms with Crippen LogP contribution in [0.3, 0.4) is 0 Å². The minimum atomic E-state index is 0.0741. The number of piperidine rings is 3. The Morgan fingerprint density at radius 3 is 2.14 bits per heavy atom. The first-order valence-corrected chi connectivity index (χ1v) is 14.0. The zero-order valence-electron chi connectivity index (χ0n) is 23.1. The number of amides is 3. The van der Waals surface area contributed by atoms with Crippen LogP contribution in [0.1, 0.15) is 87.0 Å². The maximum Gasteiger partial charge on any atom is 0.317 e. The second-order valence-corrected chi connectivity index (χ2v) is 11.6. The van der Waals surface area contributed by atoms with Gasteiger partial charge >= 0.3 is 6.03 Å². The minimum Gasteiger partial charge on any atom is -0.341 e. The molecule has 8 nitrogen and oxygen atoms in total. The number of hydrogen-bond acceptors (Lipinski definition) is 5. The van der Waals surface area contributed by atoms with Crippen LogP contribution in [-0.2, 0) is 0 Å². The van der Waals surface area contributed by atoms with Crippen LogP contribution in [0.15, 0.2) is 6.33 Å². The molecule has 0 unspecified atom stereocenters. The maximum absolute atomic E-state index is 13.2. The van der Waals surface area contributed by atoms with Crippen LogP contribution in [0.25, 0.3) is 0 Å². The van der Waals surface area contributed by atoms with E-state index in [1.807, 2.05) is 23.6 Å². The summed E-state index contributed by atoms with van der Waals surface area (Å²) in [5, 5.41) is 2.83. The second-order valence-electron chi connectivity index (χ2n) is 11.6. The van der Waals surface area contributed by atoms with Crippen molar-refractivity contribution < 1.29 is 9.59 Å². The number of carbonyl (C=O) groups is 2.